The Morgan fingerprint density at radius 2 is 1.90 bits per heavy atom. The number of fused-ring (bicyclic) bond motifs is 1. The van der Waals surface area contributed by atoms with Gasteiger partial charge in [0.1, 0.15) is 0 Å². The van der Waals surface area contributed by atoms with Crippen LogP contribution in [0.1, 0.15) is 10.4 Å². The molecule has 3 aromatic rings. The van der Waals surface area contributed by atoms with Gasteiger partial charge in [-0.2, -0.15) is 4.99 Å². The summed E-state index contributed by atoms with van der Waals surface area (Å²) in [4.78, 5) is 19.6. The molecule has 0 unspecified atom stereocenters. The summed E-state index contributed by atoms with van der Waals surface area (Å²) in [5.74, 6) is -0.125. The highest BCUT2D eigenvalue weighted by molar-refractivity contribution is 7.09. The number of carbonyl (C=O) groups excluding carboxylic acids is 1. The average Bonchev–Trinajstić information content (AvgIpc) is 3.20. The molecule has 30 heavy (non-hydrogen) atoms. The largest absolute Gasteiger partial charge is 0.586 e. The van der Waals surface area contributed by atoms with Gasteiger partial charge in [-0.1, -0.05) is 23.7 Å². The molecule has 1 aliphatic heterocycles. The number of nitrogens with zero attached hydrogens (tertiary/aromatic N) is 3. The maximum atomic E-state index is 13.3. The summed E-state index contributed by atoms with van der Waals surface area (Å²) in [6, 6.07) is 11.2. The van der Waals surface area contributed by atoms with E-state index >= 15 is 0 Å². The molecular formula is C20H16ClF2N3O3S. The van der Waals surface area contributed by atoms with E-state index in [4.69, 9.17) is 11.6 Å². The Morgan fingerprint density at radius 3 is 2.63 bits per heavy atom. The first-order valence-corrected chi connectivity index (χ1v) is 10.0. The van der Waals surface area contributed by atoms with E-state index in [9.17, 15) is 13.6 Å². The molecule has 0 spiro atoms. The SMILES string of the molecule is Cc1cn(-c2ccc3c(c2)OC(F)(F)O3)c(=NC(=O)N(C)Cc2ccc(Cl)cc2)s1. The second-order valence-electron chi connectivity index (χ2n) is 6.67. The number of benzene rings is 2. The van der Waals surface area contributed by atoms with Gasteiger partial charge in [0.15, 0.2) is 16.3 Å². The van der Waals surface area contributed by atoms with Crippen LogP contribution in [0.4, 0.5) is 13.6 Å². The predicted molar refractivity (Wildman–Crippen MR) is 108 cm³/mol. The highest BCUT2D eigenvalue weighted by Crippen LogP contribution is 2.41. The fourth-order valence-corrected chi connectivity index (χ4v) is 3.86. The van der Waals surface area contributed by atoms with Crippen molar-refractivity contribution in [1.82, 2.24) is 9.47 Å². The topological polar surface area (TPSA) is 56.1 Å². The molecule has 0 atom stereocenters. The van der Waals surface area contributed by atoms with Crippen LogP contribution in [0.3, 0.4) is 0 Å². The number of urea groups is 1. The molecule has 4 rings (SSSR count). The first-order chi connectivity index (χ1) is 14.2. The molecule has 1 aliphatic rings. The van der Waals surface area contributed by atoms with E-state index in [0.29, 0.717) is 22.1 Å². The number of ether oxygens (including phenoxy) is 2. The van der Waals surface area contributed by atoms with Crippen LogP contribution < -0.4 is 14.3 Å². The van der Waals surface area contributed by atoms with Gasteiger partial charge in [-0.3, -0.25) is 4.57 Å². The number of thiazole rings is 1. The zero-order valence-electron chi connectivity index (χ0n) is 15.9. The molecule has 10 heteroatoms. The number of halogens is 3. The summed E-state index contributed by atoms with van der Waals surface area (Å²) >= 11 is 7.20. The van der Waals surface area contributed by atoms with Gasteiger partial charge in [-0.15, -0.1) is 20.1 Å². The standard InChI is InChI=1S/C20H16ClF2N3O3S/c1-12-10-26(15-7-8-16-17(9-15)29-20(22,23)28-16)19(30-12)24-18(27)25(2)11-13-3-5-14(21)6-4-13/h3-10H,11H2,1-2H3. The fraction of sp³-hybridized carbons (Fsp3) is 0.200. The van der Waals surface area contributed by atoms with Gasteiger partial charge >= 0.3 is 12.3 Å². The monoisotopic (exact) mass is 451 g/mol. The normalized spacial score (nSPS) is 14.8. The van der Waals surface area contributed by atoms with Crippen molar-refractivity contribution in [2.45, 2.75) is 19.8 Å². The van der Waals surface area contributed by atoms with E-state index in [1.54, 1.807) is 36.0 Å². The van der Waals surface area contributed by atoms with Crippen molar-refractivity contribution in [3.05, 3.63) is 68.9 Å². The van der Waals surface area contributed by atoms with E-state index in [2.05, 4.69) is 14.5 Å². The van der Waals surface area contributed by atoms with Gasteiger partial charge in [0.05, 0.1) is 5.69 Å². The van der Waals surface area contributed by atoms with E-state index in [0.717, 1.165) is 10.4 Å². The van der Waals surface area contributed by atoms with Crippen LogP contribution in [-0.2, 0) is 6.54 Å². The lowest BCUT2D eigenvalue weighted by Gasteiger charge is -2.14. The van der Waals surface area contributed by atoms with Crippen molar-refractivity contribution in [2.75, 3.05) is 7.05 Å². The molecule has 0 saturated heterocycles. The van der Waals surface area contributed by atoms with E-state index in [1.165, 1.54) is 28.4 Å². The number of aryl methyl sites for hydroxylation is 1. The summed E-state index contributed by atoms with van der Waals surface area (Å²) in [5.41, 5.74) is 1.43. The van der Waals surface area contributed by atoms with Crippen LogP contribution in [0, 0.1) is 6.92 Å². The molecule has 0 radical (unpaired) electrons. The van der Waals surface area contributed by atoms with Crippen molar-refractivity contribution in [3.63, 3.8) is 0 Å². The first kappa shape index (κ1) is 20.4. The third kappa shape index (κ3) is 4.31. The smallest absolute Gasteiger partial charge is 0.395 e. The van der Waals surface area contributed by atoms with Gasteiger partial charge in [-0.05, 0) is 36.8 Å². The molecule has 1 aromatic heterocycles. The molecule has 2 amide bonds. The van der Waals surface area contributed by atoms with Crippen molar-refractivity contribution in [2.24, 2.45) is 4.99 Å². The van der Waals surface area contributed by atoms with E-state index in [-0.39, 0.29) is 11.5 Å². The highest BCUT2D eigenvalue weighted by atomic mass is 35.5. The Bertz CT molecular complexity index is 1170. The molecule has 0 bridgehead atoms. The molecule has 0 N–H and O–H groups in total. The van der Waals surface area contributed by atoms with Gasteiger partial charge in [-0.25, -0.2) is 4.79 Å². The van der Waals surface area contributed by atoms with Crippen molar-refractivity contribution < 1.29 is 23.0 Å². The summed E-state index contributed by atoms with van der Waals surface area (Å²) < 4.78 is 37.2. The lowest BCUT2D eigenvalue weighted by molar-refractivity contribution is -0.286. The molecule has 0 saturated carbocycles. The van der Waals surface area contributed by atoms with Gasteiger partial charge in [0.2, 0.25) is 0 Å². The van der Waals surface area contributed by atoms with Crippen LogP contribution in [0.15, 0.2) is 53.7 Å². The Balaban J connectivity index is 1.61. The van der Waals surface area contributed by atoms with Crippen LogP contribution in [0.2, 0.25) is 5.02 Å². The van der Waals surface area contributed by atoms with Gasteiger partial charge < -0.3 is 14.4 Å². The molecule has 0 fully saturated rings. The van der Waals surface area contributed by atoms with Crippen molar-refractivity contribution in [1.29, 1.82) is 0 Å². The zero-order valence-corrected chi connectivity index (χ0v) is 17.5. The predicted octanol–water partition coefficient (Wildman–Crippen LogP) is 4.97. The third-order valence-corrected chi connectivity index (χ3v) is 5.43. The number of amides is 2. The number of carbonyl (C=O) groups is 1. The maximum Gasteiger partial charge on any atom is 0.586 e. The van der Waals surface area contributed by atoms with Gasteiger partial charge in [0, 0.05) is 35.8 Å². The second kappa shape index (κ2) is 7.73. The fourth-order valence-electron chi connectivity index (χ4n) is 2.90. The van der Waals surface area contributed by atoms with E-state index in [1.807, 2.05) is 19.1 Å². The minimum Gasteiger partial charge on any atom is -0.395 e. The third-order valence-electron chi connectivity index (χ3n) is 4.28. The number of alkyl halides is 2. The zero-order chi connectivity index (χ0) is 21.5. The maximum absolute atomic E-state index is 13.3. The Kier molecular flexibility index (Phi) is 5.25. The Labute approximate surface area is 179 Å². The number of aromatic nitrogens is 1. The first-order valence-electron chi connectivity index (χ1n) is 8.84. The van der Waals surface area contributed by atoms with Crippen LogP contribution in [0.25, 0.3) is 5.69 Å². The Hall–Kier alpha value is -2.91. The number of hydrogen-bond acceptors (Lipinski definition) is 4. The highest BCUT2D eigenvalue weighted by Gasteiger charge is 2.43. The molecular weight excluding hydrogens is 436 g/mol. The lowest BCUT2D eigenvalue weighted by Crippen LogP contribution is -2.26. The summed E-state index contributed by atoms with van der Waals surface area (Å²) in [6.45, 7) is 2.23. The number of hydrogen-bond donors (Lipinski definition) is 0. The van der Waals surface area contributed by atoms with Crippen LogP contribution in [-0.4, -0.2) is 28.8 Å². The Morgan fingerprint density at radius 1 is 1.20 bits per heavy atom. The molecule has 6 nitrogen and oxygen atoms in total. The van der Waals surface area contributed by atoms with Crippen molar-refractivity contribution in [3.8, 4) is 17.2 Å². The minimum atomic E-state index is -3.69. The van der Waals surface area contributed by atoms with Crippen molar-refractivity contribution >= 4 is 29.0 Å². The second-order valence-corrected chi connectivity index (χ2v) is 8.32. The molecule has 156 valence electrons. The summed E-state index contributed by atoms with van der Waals surface area (Å²) in [7, 11) is 1.65. The van der Waals surface area contributed by atoms with Crippen LogP contribution in [0.5, 0.6) is 11.5 Å². The van der Waals surface area contributed by atoms with E-state index < -0.39 is 12.3 Å². The molecule has 0 aliphatic carbocycles. The minimum absolute atomic E-state index is 0.0476. The summed E-state index contributed by atoms with van der Waals surface area (Å²) in [6.07, 6.45) is -1.92. The summed E-state index contributed by atoms with van der Waals surface area (Å²) in [5, 5.41) is 0.619. The average molecular weight is 452 g/mol. The van der Waals surface area contributed by atoms with Crippen LogP contribution >= 0.6 is 22.9 Å². The lowest BCUT2D eigenvalue weighted by atomic mass is 10.2. The molecule has 2 aromatic carbocycles. The quantitative estimate of drug-likeness (QED) is 0.564. The number of rotatable bonds is 3. The van der Waals surface area contributed by atoms with Gasteiger partial charge in [0.25, 0.3) is 0 Å². The molecule has 2 heterocycles.